The zero-order valence-corrected chi connectivity index (χ0v) is 19.1. The molecule has 1 aromatic heterocycles. The van der Waals surface area contributed by atoms with E-state index < -0.39 is 15.7 Å². The number of sulfone groups is 1. The van der Waals surface area contributed by atoms with Gasteiger partial charge in [0, 0.05) is 13.0 Å². The van der Waals surface area contributed by atoms with E-state index in [-0.39, 0.29) is 17.1 Å². The molecule has 2 aromatic carbocycles. The molecule has 160 valence electrons. The lowest BCUT2D eigenvalue weighted by Crippen LogP contribution is -2.18. The van der Waals surface area contributed by atoms with Crippen molar-refractivity contribution in [2.75, 3.05) is 12.4 Å². The molecule has 0 N–H and O–H groups in total. The highest BCUT2D eigenvalue weighted by molar-refractivity contribution is 7.91. The summed E-state index contributed by atoms with van der Waals surface area (Å²) >= 11 is 1.41. The van der Waals surface area contributed by atoms with Crippen molar-refractivity contribution in [3.05, 3.63) is 52.8 Å². The number of carbonyl (C=O) groups excluding carboxylic acids is 1. The topological polar surface area (TPSA) is 77.7 Å². The van der Waals surface area contributed by atoms with E-state index in [0.717, 1.165) is 34.5 Å². The minimum atomic E-state index is -3.52. The summed E-state index contributed by atoms with van der Waals surface area (Å²) < 4.78 is 33.5. The van der Waals surface area contributed by atoms with Gasteiger partial charge in [0.2, 0.25) is 5.91 Å². The SMILES string of the molecule is CCCn1c(=NC(=O)CCS(=O)(=O)c2ccc(C)cc2)sc2cc(OCC)ccc21. The summed E-state index contributed by atoms with van der Waals surface area (Å²) in [6, 6.07) is 12.5. The largest absolute Gasteiger partial charge is 0.494 e. The number of rotatable bonds is 8. The summed E-state index contributed by atoms with van der Waals surface area (Å²) in [6.45, 7) is 7.19. The summed E-state index contributed by atoms with van der Waals surface area (Å²) in [7, 11) is -3.52. The second-order valence-corrected chi connectivity index (χ2v) is 10.1. The van der Waals surface area contributed by atoms with Gasteiger partial charge in [0.15, 0.2) is 14.6 Å². The number of hydrogen-bond donors (Lipinski definition) is 0. The van der Waals surface area contributed by atoms with Crippen LogP contribution in [0.15, 0.2) is 52.4 Å². The van der Waals surface area contributed by atoms with Crippen LogP contribution in [0.25, 0.3) is 10.2 Å². The fourth-order valence-electron chi connectivity index (χ4n) is 3.08. The molecule has 0 fully saturated rings. The Morgan fingerprint density at radius 3 is 2.53 bits per heavy atom. The maximum atomic E-state index is 12.5. The molecule has 0 bridgehead atoms. The van der Waals surface area contributed by atoms with Crippen LogP contribution in [-0.2, 0) is 21.2 Å². The number of ether oxygens (including phenoxy) is 1. The first-order valence-electron chi connectivity index (χ1n) is 9.97. The van der Waals surface area contributed by atoms with Crippen molar-refractivity contribution < 1.29 is 17.9 Å². The molecule has 30 heavy (non-hydrogen) atoms. The number of fused-ring (bicyclic) bond motifs is 1. The zero-order valence-electron chi connectivity index (χ0n) is 17.4. The highest BCUT2D eigenvalue weighted by Crippen LogP contribution is 2.23. The number of carbonyl (C=O) groups is 1. The van der Waals surface area contributed by atoms with Crippen molar-refractivity contribution in [2.45, 2.75) is 45.1 Å². The summed E-state index contributed by atoms with van der Waals surface area (Å²) in [5.74, 6) is 0.0787. The molecule has 0 unspecified atom stereocenters. The lowest BCUT2D eigenvalue weighted by molar-refractivity contribution is -0.117. The summed E-state index contributed by atoms with van der Waals surface area (Å²) in [6.07, 6.45) is 0.739. The molecule has 0 saturated heterocycles. The van der Waals surface area contributed by atoms with Gasteiger partial charge in [0.25, 0.3) is 0 Å². The molecule has 0 atom stereocenters. The van der Waals surface area contributed by atoms with E-state index >= 15 is 0 Å². The van der Waals surface area contributed by atoms with Gasteiger partial charge in [-0.05, 0) is 50.6 Å². The molecule has 3 aromatic rings. The number of benzene rings is 2. The van der Waals surface area contributed by atoms with Crippen molar-refractivity contribution in [1.29, 1.82) is 0 Å². The van der Waals surface area contributed by atoms with Gasteiger partial charge in [0.05, 0.1) is 27.5 Å². The zero-order chi connectivity index (χ0) is 21.7. The van der Waals surface area contributed by atoms with Crippen LogP contribution in [0, 0.1) is 6.92 Å². The van der Waals surface area contributed by atoms with Gasteiger partial charge in [-0.15, -0.1) is 0 Å². The van der Waals surface area contributed by atoms with Crippen LogP contribution in [0.2, 0.25) is 0 Å². The van der Waals surface area contributed by atoms with Crippen LogP contribution in [0.5, 0.6) is 5.75 Å². The van der Waals surface area contributed by atoms with Gasteiger partial charge < -0.3 is 9.30 Å². The predicted molar refractivity (Wildman–Crippen MR) is 120 cm³/mol. The average molecular weight is 447 g/mol. The van der Waals surface area contributed by atoms with Crippen LogP contribution in [0.3, 0.4) is 0 Å². The molecule has 6 nitrogen and oxygen atoms in total. The summed E-state index contributed by atoms with van der Waals surface area (Å²) in [5, 5.41) is 0. The molecule has 0 radical (unpaired) electrons. The summed E-state index contributed by atoms with van der Waals surface area (Å²) in [4.78, 5) is 17.5. The molecular formula is C22H26N2O4S2. The van der Waals surface area contributed by atoms with E-state index in [2.05, 4.69) is 11.9 Å². The Hall–Kier alpha value is -2.45. The number of aryl methyl sites for hydroxylation is 2. The number of nitrogens with zero attached hydrogens (tertiary/aromatic N) is 2. The first-order valence-corrected chi connectivity index (χ1v) is 12.4. The molecule has 0 aliphatic carbocycles. The molecule has 3 rings (SSSR count). The second-order valence-electron chi connectivity index (χ2n) is 6.99. The first kappa shape index (κ1) is 22.2. The van der Waals surface area contributed by atoms with Crippen molar-refractivity contribution in [3.8, 4) is 5.75 Å². The van der Waals surface area contributed by atoms with Gasteiger partial charge >= 0.3 is 0 Å². The second kappa shape index (κ2) is 9.57. The molecule has 0 aliphatic heterocycles. The van der Waals surface area contributed by atoms with Crippen molar-refractivity contribution in [3.63, 3.8) is 0 Å². The lowest BCUT2D eigenvalue weighted by Gasteiger charge is -2.05. The van der Waals surface area contributed by atoms with Crippen molar-refractivity contribution in [2.24, 2.45) is 4.99 Å². The van der Waals surface area contributed by atoms with Crippen LogP contribution in [-0.4, -0.2) is 31.3 Å². The number of aromatic nitrogens is 1. The van der Waals surface area contributed by atoms with Crippen molar-refractivity contribution >= 4 is 37.3 Å². The summed E-state index contributed by atoms with van der Waals surface area (Å²) in [5.41, 5.74) is 1.97. The van der Waals surface area contributed by atoms with Gasteiger partial charge in [-0.1, -0.05) is 36.0 Å². The highest BCUT2D eigenvalue weighted by Gasteiger charge is 2.16. The Bertz CT molecular complexity index is 1210. The van der Waals surface area contributed by atoms with Crippen LogP contribution in [0.4, 0.5) is 0 Å². The minimum Gasteiger partial charge on any atom is -0.494 e. The standard InChI is InChI=1S/C22H26N2O4S2/c1-4-13-24-19-11-8-17(28-5-2)15-20(19)29-22(24)23-21(25)12-14-30(26,27)18-9-6-16(3)7-10-18/h6-11,15H,4-5,12-14H2,1-3H3. The van der Waals surface area contributed by atoms with Gasteiger partial charge in [-0.25, -0.2) is 8.42 Å². The van der Waals surface area contributed by atoms with E-state index in [1.54, 1.807) is 24.3 Å². The Morgan fingerprint density at radius 2 is 1.87 bits per heavy atom. The molecule has 1 amide bonds. The van der Waals surface area contributed by atoms with E-state index in [0.29, 0.717) is 11.4 Å². The third-order valence-corrected chi connectivity index (χ3v) is 7.37. The lowest BCUT2D eigenvalue weighted by atomic mass is 10.2. The molecular weight excluding hydrogens is 420 g/mol. The van der Waals surface area contributed by atoms with E-state index in [1.807, 2.05) is 36.6 Å². The van der Waals surface area contributed by atoms with Gasteiger partial charge in [-0.3, -0.25) is 4.79 Å². The third kappa shape index (κ3) is 5.17. The highest BCUT2D eigenvalue weighted by atomic mass is 32.2. The Balaban J connectivity index is 1.85. The Kier molecular flexibility index (Phi) is 7.10. The molecule has 0 aliphatic rings. The number of hydrogen-bond acceptors (Lipinski definition) is 5. The monoisotopic (exact) mass is 446 g/mol. The number of thiazole rings is 1. The molecule has 1 heterocycles. The predicted octanol–water partition coefficient (Wildman–Crippen LogP) is 4.11. The van der Waals surface area contributed by atoms with Crippen LogP contribution < -0.4 is 9.54 Å². The van der Waals surface area contributed by atoms with Crippen molar-refractivity contribution in [1.82, 2.24) is 4.57 Å². The number of amides is 1. The normalized spacial score (nSPS) is 12.4. The van der Waals surface area contributed by atoms with Gasteiger partial charge in [0.1, 0.15) is 5.75 Å². The quantitative estimate of drug-likeness (QED) is 0.522. The molecule has 0 spiro atoms. The third-order valence-electron chi connectivity index (χ3n) is 4.60. The maximum absolute atomic E-state index is 12.5. The molecule has 0 saturated carbocycles. The van der Waals surface area contributed by atoms with E-state index in [9.17, 15) is 13.2 Å². The first-order chi connectivity index (χ1) is 14.3. The van der Waals surface area contributed by atoms with E-state index in [1.165, 1.54) is 11.3 Å². The fraction of sp³-hybridized carbons (Fsp3) is 0.364. The van der Waals surface area contributed by atoms with Crippen LogP contribution >= 0.6 is 11.3 Å². The van der Waals surface area contributed by atoms with E-state index in [4.69, 9.17) is 4.74 Å². The maximum Gasteiger partial charge on any atom is 0.249 e. The average Bonchev–Trinajstić information content (AvgIpc) is 3.04. The van der Waals surface area contributed by atoms with Gasteiger partial charge in [-0.2, -0.15) is 4.99 Å². The fourth-order valence-corrected chi connectivity index (χ4v) is 5.41. The smallest absolute Gasteiger partial charge is 0.249 e. The minimum absolute atomic E-state index is 0.152. The Morgan fingerprint density at radius 1 is 1.13 bits per heavy atom. The van der Waals surface area contributed by atoms with Crippen LogP contribution in [0.1, 0.15) is 32.3 Å². The Labute approximate surface area is 180 Å². The molecule has 8 heteroatoms.